The molecule has 1 aliphatic heterocycles. The lowest BCUT2D eigenvalue weighted by Gasteiger charge is -2.36. The summed E-state index contributed by atoms with van der Waals surface area (Å²) >= 11 is 0. The van der Waals surface area contributed by atoms with Gasteiger partial charge in [0.2, 0.25) is 0 Å². The van der Waals surface area contributed by atoms with Crippen molar-refractivity contribution in [2.45, 2.75) is 88.9 Å². The van der Waals surface area contributed by atoms with Crippen LogP contribution in [0.3, 0.4) is 0 Å². The molecule has 0 saturated carbocycles. The second-order valence-corrected chi connectivity index (χ2v) is 14.0. The predicted molar refractivity (Wildman–Crippen MR) is 211 cm³/mol. The van der Waals surface area contributed by atoms with Gasteiger partial charge in [0, 0.05) is 62.1 Å². The zero-order valence-electron chi connectivity index (χ0n) is 31.8. The van der Waals surface area contributed by atoms with Gasteiger partial charge in [-0.2, -0.15) is 0 Å². The minimum Gasteiger partial charge on any atom is -0.445 e. The van der Waals surface area contributed by atoms with Crippen molar-refractivity contribution in [3.63, 3.8) is 0 Å². The highest BCUT2D eigenvalue weighted by molar-refractivity contribution is 5.76. The zero-order chi connectivity index (χ0) is 39.4. The van der Waals surface area contributed by atoms with Crippen LogP contribution in [0.4, 0.5) is 14.4 Å². The standard InChI is InChI=1S/C43H54N6O7/c50-39-37(27-33-15-5-1-6-16-33)48(25-11-3-9-23-46-41(52)55-31-35-19-13-21-44-29-35)43(54)49(38(40(39)51)28-34-17-7-2-8-18-34)26-12-4-10-24-47-42(53)56-32-36-20-14-22-45-30-36/h1-2,5-8,13-22,29-30,37-40,50-51H,3-4,9-12,23-28,31-32H2,(H,46,52)(H,47,53)/t37-,38-,39+,40+/m1/s1. The number of unbranched alkanes of at least 4 members (excludes halogenated alkanes) is 4. The number of alkyl carbamates (subject to hydrolysis) is 2. The number of nitrogens with zero attached hydrogens (tertiary/aromatic N) is 4. The van der Waals surface area contributed by atoms with E-state index in [0.29, 0.717) is 77.5 Å². The number of carbonyl (C=O) groups is 3. The average molecular weight is 767 g/mol. The zero-order valence-corrected chi connectivity index (χ0v) is 31.8. The Labute approximate surface area is 329 Å². The van der Waals surface area contributed by atoms with Crippen molar-refractivity contribution in [2.75, 3.05) is 26.2 Å². The van der Waals surface area contributed by atoms with Gasteiger partial charge in [0.25, 0.3) is 0 Å². The fourth-order valence-corrected chi connectivity index (χ4v) is 6.88. The van der Waals surface area contributed by atoms with Crippen molar-refractivity contribution in [1.82, 2.24) is 30.4 Å². The molecule has 0 radical (unpaired) electrons. The molecule has 0 spiro atoms. The Bertz CT molecular complexity index is 1610. The van der Waals surface area contributed by atoms with Crippen LogP contribution in [0, 0.1) is 0 Å². The second-order valence-electron chi connectivity index (χ2n) is 14.0. The number of rotatable bonds is 20. The smallest absolute Gasteiger partial charge is 0.407 e. The third-order valence-electron chi connectivity index (χ3n) is 9.88. The van der Waals surface area contributed by atoms with Gasteiger partial charge in [-0.1, -0.05) is 72.8 Å². The van der Waals surface area contributed by atoms with Crippen molar-refractivity contribution < 1.29 is 34.1 Å². The number of benzene rings is 2. The van der Waals surface area contributed by atoms with Crippen LogP contribution in [0.1, 0.15) is 60.8 Å². The first-order valence-corrected chi connectivity index (χ1v) is 19.5. The molecule has 2 aromatic heterocycles. The fourth-order valence-electron chi connectivity index (χ4n) is 6.88. The third-order valence-corrected chi connectivity index (χ3v) is 9.88. The molecule has 1 saturated heterocycles. The molecular weight excluding hydrogens is 713 g/mol. The summed E-state index contributed by atoms with van der Waals surface area (Å²) in [4.78, 5) is 50.7. The molecule has 0 aliphatic carbocycles. The molecule has 1 aliphatic rings. The fraction of sp³-hybridized carbons (Fsp3) is 0.419. The van der Waals surface area contributed by atoms with Crippen LogP contribution in [0.5, 0.6) is 0 Å². The summed E-state index contributed by atoms with van der Waals surface area (Å²) in [5.41, 5.74) is 3.51. The summed E-state index contributed by atoms with van der Waals surface area (Å²) in [6.45, 7) is 1.83. The summed E-state index contributed by atoms with van der Waals surface area (Å²) in [6, 6.07) is 25.1. The van der Waals surface area contributed by atoms with Crippen LogP contribution in [0.25, 0.3) is 0 Å². The first-order valence-electron chi connectivity index (χ1n) is 19.5. The Kier molecular flexibility index (Phi) is 16.9. The van der Waals surface area contributed by atoms with Gasteiger partial charge in [-0.3, -0.25) is 9.97 Å². The number of hydrogen-bond acceptors (Lipinski definition) is 9. The van der Waals surface area contributed by atoms with Crippen molar-refractivity contribution in [1.29, 1.82) is 0 Å². The topological polar surface area (TPSA) is 166 Å². The molecule has 4 aromatic rings. The van der Waals surface area contributed by atoms with Crippen LogP contribution >= 0.6 is 0 Å². The molecule has 13 nitrogen and oxygen atoms in total. The summed E-state index contributed by atoms with van der Waals surface area (Å²) in [5.74, 6) is 0. The van der Waals surface area contributed by atoms with Gasteiger partial charge in [-0.15, -0.1) is 0 Å². The highest BCUT2D eigenvalue weighted by Gasteiger charge is 2.45. The number of aliphatic hydroxyl groups excluding tert-OH is 2. The van der Waals surface area contributed by atoms with E-state index in [9.17, 15) is 24.6 Å². The largest absolute Gasteiger partial charge is 0.445 e. The monoisotopic (exact) mass is 766 g/mol. The minimum absolute atomic E-state index is 0.133. The van der Waals surface area contributed by atoms with E-state index in [1.807, 2.05) is 72.8 Å². The molecule has 4 amide bonds. The van der Waals surface area contributed by atoms with E-state index in [1.54, 1.807) is 46.7 Å². The number of carbonyl (C=O) groups excluding carboxylic acids is 3. The molecule has 4 atom stereocenters. The van der Waals surface area contributed by atoms with E-state index in [2.05, 4.69) is 20.6 Å². The van der Waals surface area contributed by atoms with Gasteiger partial charge in [0.1, 0.15) is 25.4 Å². The van der Waals surface area contributed by atoms with E-state index < -0.39 is 36.5 Å². The molecule has 13 heteroatoms. The normalized spacial score (nSPS) is 18.2. The number of urea groups is 1. The number of ether oxygens (including phenoxy) is 2. The SMILES string of the molecule is O=C(NCCCCCN1C(=O)N(CCCCCNC(=O)OCc2cccnc2)[C@H](Cc2ccccc2)[C@H](O)[C@@H](O)[C@H]1Cc1ccccc1)OCc1cccnc1. The molecule has 0 bridgehead atoms. The average Bonchev–Trinajstić information content (AvgIpc) is 3.29. The van der Waals surface area contributed by atoms with Crippen LogP contribution in [0.2, 0.25) is 0 Å². The van der Waals surface area contributed by atoms with E-state index in [4.69, 9.17) is 9.47 Å². The summed E-state index contributed by atoms with van der Waals surface area (Å²) < 4.78 is 10.6. The maximum Gasteiger partial charge on any atom is 0.407 e. The van der Waals surface area contributed by atoms with Crippen LogP contribution < -0.4 is 10.6 Å². The lowest BCUT2D eigenvalue weighted by atomic mass is 9.91. The van der Waals surface area contributed by atoms with Gasteiger partial charge in [-0.05, 0) is 74.6 Å². The number of nitrogens with one attached hydrogen (secondary N) is 2. The van der Waals surface area contributed by atoms with Gasteiger partial charge >= 0.3 is 18.2 Å². The maximum absolute atomic E-state index is 14.7. The van der Waals surface area contributed by atoms with E-state index in [-0.39, 0.29) is 19.2 Å². The highest BCUT2D eigenvalue weighted by atomic mass is 16.6. The summed E-state index contributed by atoms with van der Waals surface area (Å²) in [7, 11) is 0. The number of aromatic nitrogens is 2. The summed E-state index contributed by atoms with van der Waals surface area (Å²) in [6.07, 6.45) is 8.00. The number of pyridine rings is 2. The molecule has 0 unspecified atom stereocenters. The Morgan fingerprint density at radius 3 is 1.38 bits per heavy atom. The second kappa shape index (κ2) is 22.8. The lowest BCUT2D eigenvalue weighted by Crippen LogP contribution is -2.51. The third kappa shape index (κ3) is 13.3. The molecule has 4 N–H and O–H groups in total. The van der Waals surface area contributed by atoms with Crippen molar-refractivity contribution in [3.8, 4) is 0 Å². The number of amides is 4. The molecule has 3 heterocycles. The van der Waals surface area contributed by atoms with Crippen LogP contribution in [0.15, 0.2) is 110 Å². The van der Waals surface area contributed by atoms with Crippen molar-refractivity contribution in [3.05, 3.63) is 132 Å². The molecule has 298 valence electrons. The molecule has 1 fully saturated rings. The quantitative estimate of drug-likeness (QED) is 0.0832. The van der Waals surface area contributed by atoms with Crippen molar-refractivity contribution in [2.24, 2.45) is 0 Å². The number of hydrogen-bond donors (Lipinski definition) is 4. The predicted octanol–water partition coefficient (Wildman–Crippen LogP) is 5.65. The lowest BCUT2D eigenvalue weighted by molar-refractivity contribution is -0.0396. The maximum atomic E-state index is 14.7. The minimum atomic E-state index is -1.20. The molecule has 5 rings (SSSR count). The Morgan fingerprint density at radius 1 is 0.571 bits per heavy atom. The van der Waals surface area contributed by atoms with E-state index >= 15 is 0 Å². The van der Waals surface area contributed by atoms with Crippen LogP contribution in [-0.2, 0) is 35.5 Å². The van der Waals surface area contributed by atoms with E-state index in [1.165, 1.54) is 0 Å². The van der Waals surface area contributed by atoms with Gasteiger partial charge < -0.3 is 40.1 Å². The van der Waals surface area contributed by atoms with Gasteiger partial charge in [0.05, 0.1) is 12.1 Å². The van der Waals surface area contributed by atoms with E-state index in [0.717, 1.165) is 22.3 Å². The summed E-state index contributed by atoms with van der Waals surface area (Å²) in [5, 5.41) is 29.3. The van der Waals surface area contributed by atoms with Crippen LogP contribution in [-0.4, -0.2) is 98.7 Å². The van der Waals surface area contributed by atoms with Gasteiger partial charge in [0.15, 0.2) is 0 Å². The molecule has 56 heavy (non-hydrogen) atoms. The molecule has 2 aromatic carbocycles. The highest BCUT2D eigenvalue weighted by Crippen LogP contribution is 2.28. The Hall–Kier alpha value is -5.53. The first kappa shape index (κ1) is 41.6. The molecular formula is C43H54N6O7. The number of aliphatic hydroxyl groups is 2. The Morgan fingerprint density at radius 2 is 0.982 bits per heavy atom. The van der Waals surface area contributed by atoms with Crippen molar-refractivity contribution >= 4 is 18.2 Å². The Balaban J connectivity index is 1.20. The first-order chi connectivity index (χ1) is 27.4. The van der Waals surface area contributed by atoms with Gasteiger partial charge in [-0.25, -0.2) is 14.4 Å².